The molecule has 1 aromatic carbocycles. The van der Waals surface area contributed by atoms with E-state index in [2.05, 4.69) is 0 Å². The third kappa shape index (κ3) is 3.46. The summed E-state index contributed by atoms with van der Waals surface area (Å²) in [4.78, 5) is 15.7. The van der Waals surface area contributed by atoms with Crippen molar-refractivity contribution in [1.82, 2.24) is 4.90 Å². The lowest BCUT2D eigenvalue weighted by molar-refractivity contribution is -0.131. The topological polar surface area (TPSA) is 38.8 Å². The minimum Gasteiger partial charge on any atom is -0.493 e. The lowest BCUT2D eigenvalue weighted by Crippen LogP contribution is -2.36. The maximum Gasteiger partial charge on any atom is 0.227 e. The normalized spacial score (nSPS) is 13.6. The zero-order chi connectivity index (χ0) is 16.4. The second-order valence-electron chi connectivity index (χ2n) is 5.43. The average Bonchev–Trinajstić information content (AvgIpc) is 2.93. The predicted molar refractivity (Wildman–Crippen MR) is 91.7 cm³/mol. The van der Waals surface area contributed by atoms with Gasteiger partial charge in [-0.05, 0) is 35.7 Å². The van der Waals surface area contributed by atoms with E-state index in [0.717, 1.165) is 22.9 Å². The number of methoxy groups -OCH3 is 2. The Morgan fingerprint density at radius 3 is 2.78 bits per heavy atom. The molecule has 0 saturated heterocycles. The smallest absolute Gasteiger partial charge is 0.227 e. The summed E-state index contributed by atoms with van der Waals surface area (Å²) in [6.45, 7) is 1.39. The highest BCUT2D eigenvalue weighted by Gasteiger charge is 2.23. The van der Waals surface area contributed by atoms with Gasteiger partial charge in [-0.25, -0.2) is 0 Å². The molecule has 3 rings (SSSR count). The quantitative estimate of drug-likeness (QED) is 0.845. The Bertz CT molecular complexity index is 729. The molecule has 0 radical (unpaired) electrons. The summed E-state index contributed by atoms with van der Waals surface area (Å²) in [7, 11) is 3.19. The van der Waals surface area contributed by atoms with E-state index < -0.39 is 0 Å². The Labute approximate surface area is 144 Å². The molecule has 23 heavy (non-hydrogen) atoms. The molecular weight excluding hydrogens is 334 g/mol. The molecule has 1 aromatic heterocycles. The van der Waals surface area contributed by atoms with E-state index in [1.165, 1.54) is 10.4 Å². The molecule has 2 heterocycles. The van der Waals surface area contributed by atoms with Gasteiger partial charge in [0.25, 0.3) is 0 Å². The summed E-state index contributed by atoms with van der Waals surface area (Å²) in [6.07, 6.45) is 1.23. The fraction of sp³-hybridized carbons (Fsp3) is 0.353. The first-order valence-electron chi connectivity index (χ1n) is 7.36. The van der Waals surface area contributed by atoms with Crippen LogP contribution in [0.25, 0.3) is 0 Å². The van der Waals surface area contributed by atoms with Crippen molar-refractivity contribution in [3.8, 4) is 11.5 Å². The number of benzene rings is 1. The van der Waals surface area contributed by atoms with Crippen LogP contribution >= 0.6 is 22.9 Å². The van der Waals surface area contributed by atoms with Crippen LogP contribution in [-0.2, 0) is 24.2 Å². The molecule has 0 spiro atoms. The summed E-state index contributed by atoms with van der Waals surface area (Å²) in [6, 6.07) is 7.55. The zero-order valence-corrected chi connectivity index (χ0v) is 14.7. The van der Waals surface area contributed by atoms with Crippen LogP contribution < -0.4 is 9.47 Å². The van der Waals surface area contributed by atoms with E-state index in [1.54, 1.807) is 25.6 Å². The lowest BCUT2D eigenvalue weighted by Gasteiger charge is -2.27. The Balaban J connectivity index is 1.70. The Morgan fingerprint density at radius 1 is 1.26 bits per heavy atom. The standard InChI is InChI=1S/C17H18ClNO3S/c1-21-13-4-3-11(7-14(13)22-2)8-17(20)19-6-5-15-12(10-19)9-16(18)23-15/h3-4,7,9H,5-6,8,10H2,1-2H3. The Morgan fingerprint density at radius 2 is 2.04 bits per heavy atom. The summed E-state index contributed by atoms with van der Waals surface area (Å²) >= 11 is 7.67. The number of ether oxygens (including phenoxy) is 2. The molecule has 1 amide bonds. The van der Waals surface area contributed by atoms with Gasteiger partial charge in [0.1, 0.15) is 0 Å². The molecular formula is C17H18ClNO3S. The fourth-order valence-corrected chi connectivity index (χ4v) is 4.08. The van der Waals surface area contributed by atoms with Crippen LogP contribution in [0.5, 0.6) is 11.5 Å². The maximum atomic E-state index is 12.6. The van der Waals surface area contributed by atoms with Crippen molar-refractivity contribution in [3.63, 3.8) is 0 Å². The number of halogens is 1. The number of rotatable bonds is 4. The van der Waals surface area contributed by atoms with Crippen molar-refractivity contribution < 1.29 is 14.3 Å². The highest BCUT2D eigenvalue weighted by Crippen LogP contribution is 2.32. The SMILES string of the molecule is COc1ccc(CC(=O)N2CCc3sc(Cl)cc3C2)cc1OC. The van der Waals surface area contributed by atoms with Crippen molar-refractivity contribution in [1.29, 1.82) is 0 Å². The minimum absolute atomic E-state index is 0.116. The Hall–Kier alpha value is -1.72. The molecule has 1 aliphatic rings. The van der Waals surface area contributed by atoms with E-state index in [4.69, 9.17) is 21.1 Å². The molecule has 1 aliphatic heterocycles. The monoisotopic (exact) mass is 351 g/mol. The summed E-state index contributed by atoms with van der Waals surface area (Å²) in [5, 5.41) is 0. The second kappa shape index (κ2) is 6.81. The molecule has 0 saturated carbocycles. The molecule has 122 valence electrons. The molecule has 0 aliphatic carbocycles. The van der Waals surface area contributed by atoms with Crippen molar-refractivity contribution >= 4 is 28.8 Å². The van der Waals surface area contributed by atoms with E-state index in [0.29, 0.717) is 24.5 Å². The van der Waals surface area contributed by atoms with Crippen LogP contribution in [0.2, 0.25) is 4.34 Å². The van der Waals surface area contributed by atoms with Crippen LogP contribution in [0.15, 0.2) is 24.3 Å². The number of amides is 1. The first kappa shape index (κ1) is 16.1. The Kier molecular flexibility index (Phi) is 4.78. The van der Waals surface area contributed by atoms with Crippen LogP contribution in [0.1, 0.15) is 16.0 Å². The van der Waals surface area contributed by atoms with E-state index in [1.807, 2.05) is 29.2 Å². The molecule has 0 atom stereocenters. The fourth-order valence-electron chi connectivity index (χ4n) is 2.79. The van der Waals surface area contributed by atoms with Crippen LogP contribution in [0, 0.1) is 0 Å². The summed E-state index contributed by atoms with van der Waals surface area (Å²) in [5.74, 6) is 1.42. The highest BCUT2D eigenvalue weighted by molar-refractivity contribution is 7.16. The molecule has 0 N–H and O–H groups in total. The number of hydrogen-bond donors (Lipinski definition) is 0. The first-order valence-corrected chi connectivity index (χ1v) is 8.56. The van der Waals surface area contributed by atoms with Gasteiger partial charge in [-0.3, -0.25) is 4.79 Å². The molecule has 0 bridgehead atoms. The van der Waals surface area contributed by atoms with Gasteiger partial charge in [0.05, 0.1) is 25.0 Å². The van der Waals surface area contributed by atoms with E-state index in [9.17, 15) is 4.79 Å². The van der Waals surface area contributed by atoms with Crippen molar-refractivity contribution in [2.24, 2.45) is 0 Å². The lowest BCUT2D eigenvalue weighted by atomic mass is 10.1. The molecule has 0 fully saturated rings. The van der Waals surface area contributed by atoms with Crippen molar-refractivity contribution in [3.05, 3.63) is 44.6 Å². The third-order valence-corrected chi connectivity index (χ3v) is 5.36. The zero-order valence-electron chi connectivity index (χ0n) is 13.1. The van der Waals surface area contributed by atoms with Gasteiger partial charge < -0.3 is 14.4 Å². The van der Waals surface area contributed by atoms with Crippen molar-refractivity contribution in [2.45, 2.75) is 19.4 Å². The second-order valence-corrected chi connectivity index (χ2v) is 7.20. The van der Waals surface area contributed by atoms with Crippen molar-refractivity contribution in [2.75, 3.05) is 20.8 Å². The highest BCUT2D eigenvalue weighted by atomic mass is 35.5. The van der Waals surface area contributed by atoms with E-state index >= 15 is 0 Å². The average molecular weight is 352 g/mol. The number of carbonyl (C=O) groups excluding carboxylic acids is 1. The maximum absolute atomic E-state index is 12.6. The predicted octanol–water partition coefficient (Wildman–Crippen LogP) is 3.55. The first-order chi connectivity index (χ1) is 11.1. The molecule has 2 aromatic rings. The van der Waals surface area contributed by atoms with Gasteiger partial charge in [-0.15, -0.1) is 11.3 Å². The van der Waals surface area contributed by atoms with Crippen LogP contribution in [-0.4, -0.2) is 31.6 Å². The largest absolute Gasteiger partial charge is 0.493 e. The van der Waals surface area contributed by atoms with Gasteiger partial charge in [0.15, 0.2) is 11.5 Å². The van der Waals surface area contributed by atoms with Gasteiger partial charge >= 0.3 is 0 Å². The van der Waals surface area contributed by atoms with Crippen LogP contribution in [0.3, 0.4) is 0 Å². The van der Waals surface area contributed by atoms with Gasteiger partial charge in [-0.1, -0.05) is 17.7 Å². The number of carbonyl (C=O) groups is 1. The van der Waals surface area contributed by atoms with E-state index in [-0.39, 0.29) is 5.91 Å². The number of fused-ring (bicyclic) bond motifs is 1. The molecule has 6 heteroatoms. The minimum atomic E-state index is 0.116. The molecule has 0 unspecified atom stereocenters. The number of hydrogen-bond acceptors (Lipinski definition) is 4. The summed E-state index contributed by atoms with van der Waals surface area (Å²) < 4.78 is 11.3. The number of nitrogens with zero attached hydrogens (tertiary/aromatic N) is 1. The van der Waals surface area contributed by atoms with Gasteiger partial charge in [0, 0.05) is 18.0 Å². The van der Waals surface area contributed by atoms with Crippen LogP contribution in [0.4, 0.5) is 0 Å². The number of thiophene rings is 1. The van der Waals surface area contributed by atoms with Gasteiger partial charge in [0.2, 0.25) is 5.91 Å². The molecule has 4 nitrogen and oxygen atoms in total. The summed E-state index contributed by atoms with van der Waals surface area (Å²) in [5.41, 5.74) is 2.09. The van der Waals surface area contributed by atoms with Gasteiger partial charge in [-0.2, -0.15) is 0 Å². The third-order valence-electron chi connectivity index (χ3n) is 3.99.